The molecule has 4 heteroatoms. The summed E-state index contributed by atoms with van der Waals surface area (Å²) in [6.07, 6.45) is 4.48. The van der Waals surface area contributed by atoms with E-state index in [0.717, 1.165) is 31.4 Å². The Balaban J connectivity index is 1.50. The lowest BCUT2D eigenvalue weighted by Crippen LogP contribution is -2.31. The second kappa shape index (κ2) is 9.36. The van der Waals surface area contributed by atoms with Crippen LogP contribution in [0.3, 0.4) is 0 Å². The maximum absolute atomic E-state index is 12.3. The Labute approximate surface area is 160 Å². The third-order valence-corrected chi connectivity index (χ3v) is 4.93. The molecule has 4 nitrogen and oxygen atoms in total. The van der Waals surface area contributed by atoms with Gasteiger partial charge in [0.1, 0.15) is 5.75 Å². The second-order valence-electron chi connectivity index (χ2n) is 7.01. The molecule has 3 rings (SSSR count). The van der Waals surface area contributed by atoms with Gasteiger partial charge in [-0.1, -0.05) is 31.2 Å². The fraction of sp³-hybridized carbons (Fsp3) is 0.391. The molecule has 1 aliphatic carbocycles. The van der Waals surface area contributed by atoms with Crippen LogP contribution in [-0.4, -0.2) is 18.3 Å². The number of carbonyl (C=O) groups is 2. The first-order valence-corrected chi connectivity index (χ1v) is 9.80. The number of hydrogen-bond donors (Lipinski definition) is 1. The molecule has 1 unspecified atom stereocenters. The van der Waals surface area contributed by atoms with Gasteiger partial charge in [-0.3, -0.25) is 9.59 Å². The minimum atomic E-state index is -0.0621. The summed E-state index contributed by atoms with van der Waals surface area (Å²) in [5, 5.41) is 3.10. The quantitative estimate of drug-likeness (QED) is 0.694. The van der Waals surface area contributed by atoms with E-state index in [1.54, 1.807) is 12.1 Å². The van der Waals surface area contributed by atoms with Crippen molar-refractivity contribution in [1.82, 2.24) is 5.32 Å². The number of ether oxygens (including phenoxy) is 1. The molecule has 2 aromatic carbocycles. The van der Waals surface area contributed by atoms with E-state index in [1.807, 2.05) is 24.3 Å². The zero-order valence-electron chi connectivity index (χ0n) is 15.9. The van der Waals surface area contributed by atoms with Gasteiger partial charge in [0.05, 0.1) is 12.6 Å². The monoisotopic (exact) mass is 365 g/mol. The number of benzene rings is 2. The van der Waals surface area contributed by atoms with Crippen LogP contribution in [0.4, 0.5) is 0 Å². The summed E-state index contributed by atoms with van der Waals surface area (Å²) in [6.45, 7) is 2.71. The Morgan fingerprint density at radius 2 is 1.85 bits per heavy atom. The molecule has 0 aromatic heterocycles. The molecule has 27 heavy (non-hydrogen) atoms. The van der Waals surface area contributed by atoms with Crippen molar-refractivity contribution >= 4 is 11.7 Å². The molecule has 1 aliphatic rings. The highest BCUT2D eigenvalue weighted by Crippen LogP contribution is 2.29. The summed E-state index contributed by atoms with van der Waals surface area (Å²) < 4.78 is 5.53. The van der Waals surface area contributed by atoms with E-state index in [0.29, 0.717) is 12.2 Å². The number of aryl methyl sites for hydroxylation is 1. The van der Waals surface area contributed by atoms with Crippen LogP contribution in [0.1, 0.15) is 66.6 Å². The van der Waals surface area contributed by atoms with Crippen molar-refractivity contribution in [1.29, 1.82) is 0 Å². The highest BCUT2D eigenvalue weighted by Gasteiger charge is 2.21. The van der Waals surface area contributed by atoms with Gasteiger partial charge in [-0.15, -0.1) is 0 Å². The van der Waals surface area contributed by atoms with Crippen molar-refractivity contribution in [3.05, 3.63) is 65.2 Å². The van der Waals surface area contributed by atoms with E-state index in [-0.39, 0.29) is 30.6 Å². The summed E-state index contributed by atoms with van der Waals surface area (Å²) in [5.41, 5.74) is 3.15. The van der Waals surface area contributed by atoms with Gasteiger partial charge in [-0.2, -0.15) is 0 Å². The molecule has 1 N–H and O–H groups in total. The molecule has 1 atom stereocenters. The lowest BCUT2D eigenvalue weighted by molar-refractivity contribution is -0.121. The van der Waals surface area contributed by atoms with Crippen LogP contribution in [0.2, 0.25) is 0 Å². The summed E-state index contributed by atoms with van der Waals surface area (Å²) in [5.74, 6) is 0.686. The zero-order valence-corrected chi connectivity index (χ0v) is 15.9. The average molecular weight is 365 g/mol. The molecule has 0 bridgehead atoms. The molecule has 0 spiro atoms. The normalized spacial score (nSPS) is 15.7. The number of Topliss-reactive ketones (excluding diaryl/α,β-unsaturated/α-hetero) is 1. The van der Waals surface area contributed by atoms with Gasteiger partial charge in [0.15, 0.2) is 5.78 Å². The van der Waals surface area contributed by atoms with Crippen molar-refractivity contribution in [2.24, 2.45) is 0 Å². The molecule has 0 radical (unpaired) electrons. The van der Waals surface area contributed by atoms with Gasteiger partial charge < -0.3 is 10.1 Å². The SMILES string of the molecule is CCCOc1ccc(C(=O)CCC(=O)NC2CCCc3ccccc32)cc1. The number of rotatable bonds is 8. The molecule has 142 valence electrons. The Bertz CT molecular complexity index is 782. The van der Waals surface area contributed by atoms with Crippen molar-refractivity contribution in [2.45, 2.75) is 51.5 Å². The maximum Gasteiger partial charge on any atom is 0.220 e. The van der Waals surface area contributed by atoms with Gasteiger partial charge in [0.25, 0.3) is 0 Å². The van der Waals surface area contributed by atoms with Gasteiger partial charge in [0, 0.05) is 18.4 Å². The van der Waals surface area contributed by atoms with Crippen molar-refractivity contribution in [3.8, 4) is 5.75 Å². The molecule has 1 amide bonds. The Hall–Kier alpha value is -2.62. The van der Waals surface area contributed by atoms with Crippen molar-refractivity contribution in [2.75, 3.05) is 6.61 Å². The minimum absolute atomic E-state index is 0.0174. The van der Waals surface area contributed by atoms with E-state index < -0.39 is 0 Å². The smallest absolute Gasteiger partial charge is 0.220 e. The van der Waals surface area contributed by atoms with Crippen LogP contribution >= 0.6 is 0 Å². The van der Waals surface area contributed by atoms with E-state index >= 15 is 0 Å². The molecule has 0 aliphatic heterocycles. The van der Waals surface area contributed by atoms with Crippen LogP contribution in [0.15, 0.2) is 48.5 Å². The number of nitrogens with one attached hydrogen (secondary N) is 1. The summed E-state index contributed by atoms with van der Waals surface area (Å²) in [4.78, 5) is 24.7. The predicted octanol–water partition coefficient (Wildman–Crippen LogP) is 4.63. The van der Waals surface area contributed by atoms with Crippen molar-refractivity contribution in [3.63, 3.8) is 0 Å². The molecule has 0 saturated carbocycles. The fourth-order valence-corrected chi connectivity index (χ4v) is 3.50. The predicted molar refractivity (Wildman–Crippen MR) is 106 cm³/mol. The van der Waals surface area contributed by atoms with Crippen molar-refractivity contribution < 1.29 is 14.3 Å². The lowest BCUT2D eigenvalue weighted by Gasteiger charge is -2.26. The van der Waals surface area contributed by atoms with Crippen LogP contribution in [-0.2, 0) is 11.2 Å². The van der Waals surface area contributed by atoms with Crippen LogP contribution in [0, 0.1) is 0 Å². The highest BCUT2D eigenvalue weighted by atomic mass is 16.5. The number of fused-ring (bicyclic) bond motifs is 1. The average Bonchev–Trinajstić information content (AvgIpc) is 2.71. The minimum Gasteiger partial charge on any atom is -0.494 e. The van der Waals surface area contributed by atoms with E-state index in [9.17, 15) is 9.59 Å². The topological polar surface area (TPSA) is 55.4 Å². The molecular formula is C23H27NO3. The molecule has 0 fully saturated rings. The van der Waals surface area contributed by atoms with Crippen LogP contribution in [0.25, 0.3) is 0 Å². The third kappa shape index (κ3) is 5.19. The second-order valence-corrected chi connectivity index (χ2v) is 7.01. The standard InChI is InChI=1S/C23H27NO3/c1-2-16-27-19-12-10-18(11-13-19)22(25)14-15-23(26)24-21-9-5-7-17-6-3-4-8-20(17)21/h3-4,6,8,10-13,21H,2,5,7,9,14-16H2,1H3,(H,24,26). The number of carbonyl (C=O) groups excluding carboxylic acids is 2. The zero-order chi connectivity index (χ0) is 19.1. The van der Waals surface area contributed by atoms with Gasteiger partial charge in [-0.05, 0) is 61.1 Å². The maximum atomic E-state index is 12.3. The summed E-state index contributed by atoms with van der Waals surface area (Å²) >= 11 is 0. The van der Waals surface area contributed by atoms with Gasteiger partial charge in [0.2, 0.25) is 5.91 Å². The third-order valence-electron chi connectivity index (χ3n) is 4.93. The number of hydrogen-bond acceptors (Lipinski definition) is 3. The van der Waals surface area contributed by atoms with Gasteiger partial charge >= 0.3 is 0 Å². The van der Waals surface area contributed by atoms with Crippen LogP contribution in [0.5, 0.6) is 5.75 Å². The Morgan fingerprint density at radius 3 is 2.63 bits per heavy atom. The lowest BCUT2D eigenvalue weighted by atomic mass is 9.87. The first-order chi connectivity index (χ1) is 13.2. The van der Waals surface area contributed by atoms with E-state index in [4.69, 9.17) is 4.74 Å². The molecule has 2 aromatic rings. The van der Waals surface area contributed by atoms with Crippen LogP contribution < -0.4 is 10.1 Å². The first-order valence-electron chi connectivity index (χ1n) is 9.80. The first kappa shape index (κ1) is 19.2. The summed E-state index contributed by atoms with van der Waals surface area (Å²) in [7, 11) is 0. The number of ketones is 1. The van der Waals surface area contributed by atoms with E-state index in [2.05, 4.69) is 24.4 Å². The number of amides is 1. The van der Waals surface area contributed by atoms with E-state index in [1.165, 1.54) is 11.1 Å². The fourth-order valence-electron chi connectivity index (χ4n) is 3.50. The largest absolute Gasteiger partial charge is 0.494 e. The Kier molecular flexibility index (Phi) is 6.64. The van der Waals surface area contributed by atoms with Gasteiger partial charge in [-0.25, -0.2) is 0 Å². The Morgan fingerprint density at radius 1 is 1.07 bits per heavy atom. The molecule has 0 saturated heterocycles. The molecular weight excluding hydrogens is 338 g/mol. The molecule has 0 heterocycles. The summed E-state index contributed by atoms with van der Waals surface area (Å²) in [6, 6.07) is 15.5. The highest BCUT2D eigenvalue weighted by molar-refractivity contribution is 5.98.